The van der Waals surface area contributed by atoms with Crippen molar-refractivity contribution in [2.45, 2.75) is 13.8 Å². The number of aromatic hydroxyl groups is 1. The highest BCUT2D eigenvalue weighted by atomic mass is 16.6. The summed E-state index contributed by atoms with van der Waals surface area (Å²) in [6.45, 7) is 6.09. The average Bonchev–Trinajstić information content (AvgIpc) is 2.23. The number of hydrogen-bond acceptors (Lipinski definition) is 5. The van der Waals surface area contributed by atoms with Gasteiger partial charge in [0.25, 0.3) is 0 Å². The van der Waals surface area contributed by atoms with Crippen molar-refractivity contribution in [2.75, 3.05) is 0 Å². The molecule has 0 aliphatic carbocycles. The van der Waals surface area contributed by atoms with Crippen LogP contribution < -0.4 is 9.47 Å². The first-order valence-corrected chi connectivity index (χ1v) is 4.80. The van der Waals surface area contributed by atoms with E-state index in [-0.39, 0.29) is 17.1 Å². The fourth-order valence-corrected chi connectivity index (χ4v) is 1.01. The zero-order chi connectivity index (χ0) is 13.0. The van der Waals surface area contributed by atoms with Crippen molar-refractivity contribution < 1.29 is 24.2 Å². The van der Waals surface area contributed by atoms with Crippen LogP contribution in [0.4, 0.5) is 0 Å². The third-order valence-electron chi connectivity index (χ3n) is 1.77. The Kier molecular flexibility index (Phi) is 3.87. The highest BCUT2D eigenvalue weighted by molar-refractivity contribution is 5.89. The molecule has 0 unspecified atom stereocenters. The predicted molar refractivity (Wildman–Crippen MR) is 59.9 cm³/mol. The summed E-state index contributed by atoms with van der Waals surface area (Å²) < 4.78 is 9.57. The second-order valence-electron chi connectivity index (χ2n) is 3.37. The van der Waals surface area contributed by atoms with Crippen LogP contribution in [-0.4, -0.2) is 17.0 Å². The van der Waals surface area contributed by atoms with E-state index in [1.165, 1.54) is 32.0 Å². The summed E-state index contributed by atoms with van der Waals surface area (Å²) in [5, 5.41) is 9.68. The number of carbonyl (C=O) groups excluding carboxylic acids is 2. The molecule has 0 aliphatic rings. The Morgan fingerprint density at radius 1 is 1.18 bits per heavy atom. The van der Waals surface area contributed by atoms with E-state index in [0.717, 1.165) is 0 Å². The number of benzene rings is 1. The smallest absolute Gasteiger partial charge is 0.338 e. The molecule has 0 amide bonds. The van der Waals surface area contributed by atoms with E-state index in [4.69, 9.17) is 9.47 Å². The minimum Gasteiger partial charge on any atom is -0.502 e. The van der Waals surface area contributed by atoms with Crippen molar-refractivity contribution in [1.29, 1.82) is 0 Å². The molecule has 5 heteroatoms. The van der Waals surface area contributed by atoms with Gasteiger partial charge in [-0.25, -0.2) is 4.79 Å². The van der Waals surface area contributed by atoms with Gasteiger partial charge < -0.3 is 14.6 Å². The van der Waals surface area contributed by atoms with Gasteiger partial charge in [-0.3, -0.25) is 4.79 Å². The lowest BCUT2D eigenvalue weighted by atomic mass is 10.3. The van der Waals surface area contributed by atoms with Crippen LogP contribution in [0.1, 0.15) is 13.8 Å². The van der Waals surface area contributed by atoms with Gasteiger partial charge in [-0.15, -0.1) is 0 Å². The van der Waals surface area contributed by atoms with Crippen LogP contribution in [-0.2, 0) is 9.59 Å². The van der Waals surface area contributed by atoms with Crippen LogP contribution >= 0.6 is 0 Å². The lowest BCUT2D eigenvalue weighted by Crippen LogP contribution is -2.09. The van der Waals surface area contributed by atoms with Crippen molar-refractivity contribution in [2.24, 2.45) is 0 Å². The standard InChI is InChI=1S/C12H12O5/c1-7(2)12(15)17-10-6-4-5-9(11(10)14)16-8(3)13/h4-6,14H,1H2,2-3H3. The molecule has 0 spiro atoms. The van der Waals surface area contributed by atoms with Crippen LogP contribution in [0.15, 0.2) is 30.4 Å². The number of ether oxygens (including phenoxy) is 2. The Hall–Kier alpha value is -2.30. The van der Waals surface area contributed by atoms with Gasteiger partial charge in [0.1, 0.15) is 0 Å². The maximum Gasteiger partial charge on any atom is 0.338 e. The number of esters is 2. The van der Waals surface area contributed by atoms with Crippen molar-refractivity contribution in [3.63, 3.8) is 0 Å². The molecule has 17 heavy (non-hydrogen) atoms. The van der Waals surface area contributed by atoms with Crippen molar-refractivity contribution in [1.82, 2.24) is 0 Å². The topological polar surface area (TPSA) is 72.8 Å². The van der Waals surface area contributed by atoms with Crippen LogP contribution in [0.3, 0.4) is 0 Å². The number of rotatable bonds is 3. The summed E-state index contributed by atoms with van der Waals surface area (Å²) in [7, 11) is 0. The summed E-state index contributed by atoms with van der Waals surface area (Å²) in [6.07, 6.45) is 0. The van der Waals surface area contributed by atoms with Gasteiger partial charge in [0, 0.05) is 12.5 Å². The molecular formula is C12H12O5. The van der Waals surface area contributed by atoms with Gasteiger partial charge in [-0.1, -0.05) is 12.6 Å². The molecule has 90 valence electrons. The molecule has 0 saturated carbocycles. The van der Waals surface area contributed by atoms with E-state index < -0.39 is 17.7 Å². The Bertz CT molecular complexity index is 476. The van der Waals surface area contributed by atoms with Crippen molar-refractivity contribution in [3.05, 3.63) is 30.4 Å². The summed E-state index contributed by atoms with van der Waals surface area (Å²) in [5.74, 6) is -1.80. The van der Waals surface area contributed by atoms with E-state index in [1.54, 1.807) is 0 Å². The molecule has 0 radical (unpaired) electrons. The molecule has 1 aromatic carbocycles. The van der Waals surface area contributed by atoms with Crippen LogP contribution in [0.25, 0.3) is 0 Å². The molecule has 0 atom stereocenters. The third kappa shape index (κ3) is 3.34. The lowest BCUT2D eigenvalue weighted by Gasteiger charge is -2.09. The molecule has 0 aromatic heterocycles. The molecule has 1 aromatic rings. The van der Waals surface area contributed by atoms with Crippen molar-refractivity contribution in [3.8, 4) is 17.2 Å². The van der Waals surface area contributed by atoms with Gasteiger partial charge in [0.05, 0.1) is 0 Å². The predicted octanol–water partition coefficient (Wildman–Crippen LogP) is 1.80. The highest BCUT2D eigenvalue weighted by Crippen LogP contribution is 2.36. The third-order valence-corrected chi connectivity index (χ3v) is 1.77. The van der Waals surface area contributed by atoms with E-state index in [9.17, 15) is 14.7 Å². The molecular weight excluding hydrogens is 224 g/mol. The first kappa shape index (κ1) is 12.8. The van der Waals surface area contributed by atoms with Gasteiger partial charge in [0.15, 0.2) is 11.5 Å². The molecule has 1 rings (SSSR count). The maximum atomic E-state index is 11.3. The monoisotopic (exact) mass is 236 g/mol. The van der Waals surface area contributed by atoms with E-state index >= 15 is 0 Å². The van der Waals surface area contributed by atoms with E-state index in [0.29, 0.717) is 0 Å². The van der Waals surface area contributed by atoms with Gasteiger partial charge in [-0.05, 0) is 19.1 Å². The summed E-state index contributed by atoms with van der Waals surface area (Å²) in [5.41, 5.74) is 0.197. The molecule has 0 fully saturated rings. The second kappa shape index (κ2) is 5.16. The SMILES string of the molecule is C=C(C)C(=O)Oc1cccc(OC(C)=O)c1O. The average molecular weight is 236 g/mol. The zero-order valence-corrected chi connectivity index (χ0v) is 9.52. The van der Waals surface area contributed by atoms with Gasteiger partial charge in [0.2, 0.25) is 5.75 Å². The minimum atomic E-state index is -0.666. The number of hydrogen-bond donors (Lipinski definition) is 1. The highest BCUT2D eigenvalue weighted by Gasteiger charge is 2.14. The molecule has 1 N–H and O–H groups in total. The van der Waals surface area contributed by atoms with Crippen LogP contribution in [0.5, 0.6) is 17.2 Å². The number of phenols is 1. The fraction of sp³-hybridized carbons (Fsp3) is 0.167. The van der Waals surface area contributed by atoms with Crippen LogP contribution in [0, 0.1) is 0 Å². The first-order valence-electron chi connectivity index (χ1n) is 4.80. The maximum absolute atomic E-state index is 11.3. The molecule has 0 bridgehead atoms. The largest absolute Gasteiger partial charge is 0.502 e. The number of carbonyl (C=O) groups is 2. The molecule has 5 nitrogen and oxygen atoms in total. The lowest BCUT2D eigenvalue weighted by molar-refractivity contribution is -0.132. The summed E-state index contributed by atoms with van der Waals surface area (Å²) >= 11 is 0. The fourth-order valence-electron chi connectivity index (χ4n) is 1.01. The minimum absolute atomic E-state index is 0.0653. The summed E-state index contributed by atoms with van der Waals surface area (Å²) in [6, 6.07) is 4.25. The quantitative estimate of drug-likeness (QED) is 0.492. The van der Waals surface area contributed by atoms with Crippen molar-refractivity contribution >= 4 is 11.9 Å². The van der Waals surface area contributed by atoms with Gasteiger partial charge >= 0.3 is 11.9 Å². The van der Waals surface area contributed by atoms with E-state index in [1.807, 2.05) is 0 Å². The normalized spacial score (nSPS) is 9.53. The number of phenolic OH excluding ortho intramolecular Hbond substituents is 1. The Balaban J connectivity index is 2.98. The Morgan fingerprint density at radius 3 is 2.18 bits per heavy atom. The van der Waals surface area contributed by atoms with Gasteiger partial charge in [-0.2, -0.15) is 0 Å². The zero-order valence-electron chi connectivity index (χ0n) is 9.52. The molecule has 0 saturated heterocycles. The first-order chi connectivity index (χ1) is 7.91. The molecule has 0 aliphatic heterocycles. The number of para-hydroxylation sites is 1. The molecule has 0 heterocycles. The second-order valence-corrected chi connectivity index (χ2v) is 3.37. The Labute approximate surface area is 98.3 Å². The van der Waals surface area contributed by atoms with Crippen LogP contribution in [0.2, 0.25) is 0 Å². The summed E-state index contributed by atoms with van der Waals surface area (Å²) in [4.78, 5) is 22.0. The Morgan fingerprint density at radius 2 is 1.71 bits per heavy atom. The van der Waals surface area contributed by atoms with E-state index in [2.05, 4.69) is 6.58 Å².